The lowest BCUT2D eigenvalue weighted by Crippen LogP contribution is -2.59. The molecule has 2 aromatic rings. The van der Waals surface area contributed by atoms with Gasteiger partial charge in [0.1, 0.15) is 0 Å². The minimum atomic E-state index is -0.345. The largest absolute Gasteiger partial charge is 0.373 e. The average molecular weight is 344 g/mol. The summed E-state index contributed by atoms with van der Waals surface area (Å²) in [5, 5.41) is 0. The van der Waals surface area contributed by atoms with Crippen LogP contribution >= 0.6 is 0 Å². The molecule has 0 spiro atoms. The molecule has 0 radical (unpaired) electrons. The fourth-order valence-corrected chi connectivity index (χ4v) is 4.08. The van der Waals surface area contributed by atoms with Crippen LogP contribution in [0.25, 0.3) is 11.0 Å². The Hall–Kier alpha value is -1.79. The third-order valence-electron chi connectivity index (χ3n) is 5.83. The van der Waals surface area contributed by atoms with Crippen LogP contribution in [0.2, 0.25) is 0 Å². The highest BCUT2D eigenvalue weighted by Crippen LogP contribution is 2.44. The molecule has 2 bridgehead atoms. The summed E-state index contributed by atoms with van der Waals surface area (Å²) in [6.07, 6.45) is 7.66. The molecule has 0 unspecified atom stereocenters. The van der Waals surface area contributed by atoms with Gasteiger partial charge < -0.3 is 15.4 Å². The molecule has 2 N–H and O–H groups in total. The van der Waals surface area contributed by atoms with Crippen molar-refractivity contribution in [2.24, 2.45) is 5.73 Å². The van der Waals surface area contributed by atoms with Crippen molar-refractivity contribution in [3.63, 3.8) is 0 Å². The summed E-state index contributed by atoms with van der Waals surface area (Å²) in [6.45, 7) is 0.665. The van der Waals surface area contributed by atoms with Gasteiger partial charge in [-0.1, -0.05) is 0 Å². The Morgan fingerprint density at radius 3 is 2.68 bits per heavy atom. The first kappa shape index (κ1) is 16.7. The molecule has 5 nitrogen and oxygen atoms in total. The molecule has 4 heterocycles. The Morgan fingerprint density at radius 2 is 2.04 bits per heavy atom. The van der Waals surface area contributed by atoms with Crippen molar-refractivity contribution >= 4 is 16.9 Å². The van der Waals surface area contributed by atoms with Crippen molar-refractivity contribution in [3.05, 3.63) is 29.7 Å². The molecule has 1 aliphatic carbocycles. The average Bonchev–Trinajstić information content (AvgIpc) is 2.60. The van der Waals surface area contributed by atoms with Crippen molar-refractivity contribution in [2.45, 2.75) is 49.7 Å². The van der Waals surface area contributed by atoms with Crippen molar-refractivity contribution in [3.8, 4) is 0 Å². The zero-order valence-corrected chi connectivity index (χ0v) is 14.9. The van der Waals surface area contributed by atoms with Gasteiger partial charge >= 0.3 is 0 Å². The van der Waals surface area contributed by atoms with Gasteiger partial charge in [0, 0.05) is 31.9 Å². The highest BCUT2D eigenvalue weighted by atomic mass is 19.1. The summed E-state index contributed by atoms with van der Waals surface area (Å²) >= 11 is 0. The molecule has 0 atom stereocenters. The molecule has 0 amide bonds. The molecule has 6 heteroatoms. The van der Waals surface area contributed by atoms with Crippen LogP contribution in [-0.4, -0.2) is 41.8 Å². The number of pyridine rings is 2. The number of hydrogen-bond acceptors (Lipinski definition) is 5. The van der Waals surface area contributed by atoms with Gasteiger partial charge in [-0.05, 0) is 50.2 Å². The second-order valence-corrected chi connectivity index (χ2v) is 7.86. The Bertz CT molecular complexity index is 783. The lowest BCUT2D eigenvalue weighted by Gasteiger charge is -2.51. The zero-order valence-electron chi connectivity index (χ0n) is 14.9. The van der Waals surface area contributed by atoms with E-state index in [0.29, 0.717) is 17.9 Å². The maximum absolute atomic E-state index is 14.2. The monoisotopic (exact) mass is 344 g/mol. The Labute approximate surface area is 147 Å². The number of aryl methyl sites for hydroxylation is 1. The van der Waals surface area contributed by atoms with Gasteiger partial charge in [0.25, 0.3) is 0 Å². The van der Waals surface area contributed by atoms with Crippen LogP contribution in [0, 0.1) is 5.82 Å². The lowest BCUT2D eigenvalue weighted by molar-refractivity contribution is -0.156. The topological polar surface area (TPSA) is 64.3 Å². The van der Waals surface area contributed by atoms with Gasteiger partial charge in [0.05, 0.1) is 23.2 Å². The number of anilines is 1. The molecule has 2 aliphatic heterocycles. The highest BCUT2D eigenvalue weighted by Gasteiger charge is 2.47. The van der Waals surface area contributed by atoms with Crippen LogP contribution in [0.15, 0.2) is 18.3 Å². The predicted molar refractivity (Wildman–Crippen MR) is 96.2 cm³/mol. The fraction of sp³-hybridized carbons (Fsp3) is 0.579. The Morgan fingerprint density at radius 1 is 1.28 bits per heavy atom. The van der Waals surface area contributed by atoms with Gasteiger partial charge in [-0.2, -0.15) is 0 Å². The van der Waals surface area contributed by atoms with Crippen LogP contribution in [0.1, 0.15) is 37.7 Å². The van der Waals surface area contributed by atoms with E-state index in [4.69, 9.17) is 10.5 Å². The number of ether oxygens (including phenoxy) is 1. The third-order valence-corrected chi connectivity index (χ3v) is 5.83. The molecule has 2 aromatic heterocycles. The van der Waals surface area contributed by atoms with Crippen molar-refractivity contribution in [1.29, 1.82) is 0 Å². The van der Waals surface area contributed by atoms with E-state index in [1.165, 1.54) is 6.07 Å². The lowest BCUT2D eigenvalue weighted by atomic mass is 9.70. The van der Waals surface area contributed by atoms with E-state index in [1.807, 2.05) is 6.07 Å². The molecule has 25 heavy (non-hydrogen) atoms. The van der Waals surface area contributed by atoms with E-state index in [9.17, 15) is 4.39 Å². The molecular formula is C19H25FN4O. The van der Waals surface area contributed by atoms with Crippen LogP contribution in [0.3, 0.4) is 0 Å². The third kappa shape index (κ3) is 2.98. The van der Waals surface area contributed by atoms with Crippen LogP contribution < -0.4 is 10.6 Å². The molecule has 0 aromatic carbocycles. The number of hydrogen-bond donors (Lipinski definition) is 1. The van der Waals surface area contributed by atoms with E-state index in [2.05, 4.69) is 9.97 Å². The molecule has 3 aliphatic rings. The zero-order chi connectivity index (χ0) is 17.7. The van der Waals surface area contributed by atoms with Gasteiger partial charge in [-0.3, -0.25) is 4.98 Å². The number of nitrogens with zero attached hydrogens (tertiary/aromatic N) is 3. The van der Waals surface area contributed by atoms with Crippen molar-refractivity contribution in [1.82, 2.24) is 9.97 Å². The predicted octanol–water partition coefficient (Wildman–Crippen LogP) is 2.81. The van der Waals surface area contributed by atoms with Crippen molar-refractivity contribution < 1.29 is 9.13 Å². The van der Waals surface area contributed by atoms with Gasteiger partial charge in [0.2, 0.25) is 0 Å². The van der Waals surface area contributed by atoms with E-state index in [1.54, 1.807) is 25.2 Å². The van der Waals surface area contributed by atoms with E-state index < -0.39 is 0 Å². The molecule has 2 saturated heterocycles. The normalized spacial score (nSPS) is 28.5. The quantitative estimate of drug-likeness (QED) is 0.924. The first-order valence-corrected chi connectivity index (χ1v) is 8.94. The summed E-state index contributed by atoms with van der Waals surface area (Å²) in [6, 6.07) is 3.46. The van der Waals surface area contributed by atoms with Crippen molar-refractivity contribution in [2.75, 3.05) is 25.6 Å². The van der Waals surface area contributed by atoms with E-state index in [0.717, 1.165) is 49.6 Å². The molecular weight excluding hydrogens is 319 g/mol. The summed E-state index contributed by atoms with van der Waals surface area (Å²) < 4.78 is 20.3. The second kappa shape index (κ2) is 5.88. The highest BCUT2D eigenvalue weighted by molar-refractivity contribution is 5.79. The SMILES string of the molecule is CN(C)c1nc2c(CCC34CCC(N)(CC3)CO4)ccnc2cc1F. The summed E-state index contributed by atoms with van der Waals surface area (Å²) in [5.41, 5.74) is 8.64. The summed E-state index contributed by atoms with van der Waals surface area (Å²) in [7, 11) is 3.59. The standard InChI is InChI=1S/C19H25FN4O/c1-24(2)17-14(20)11-15-16(23-17)13(4-10-22-15)3-5-19-8-6-18(21,7-9-19)12-25-19/h4,10-11H,3,5-9,12,21H2,1-2H3. The number of aromatic nitrogens is 2. The molecule has 1 saturated carbocycles. The number of halogens is 1. The van der Waals surface area contributed by atoms with Crippen LogP contribution in [0.4, 0.5) is 10.2 Å². The minimum absolute atomic E-state index is 0.0544. The first-order chi connectivity index (χ1) is 11.9. The molecule has 3 fully saturated rings. The number of nitrogens with two attached hydrogens (primary N) is 1. The van der Waals surface area contributed by atoms with Crippen LogP contribution in [-0.2, 0) is 11.2 Å². The maximum Gasteiger partial charge on any atom is 0.167 e. The fourth-order valence-electron chi connectivity index (χ4n) is 4.08. The van der Waals surface area contributed by atoms with Gasteiger partial charge in [-0.25, -0.2) is 9.37 Å². The smallest absolute Gasteiger partial charge is 0.167 e. The first-order valence-electron chi connectivity index (χ1n) is 8.94. The Balaban J connectivity index is 1.60. The summed E-state index contributed by atoms with van der Waals surface area (Å²) in [4.78, 5) is 10.5. The number of rotatable bonds is 4. The maximum atomic E-state index is 14.2. The van der Waals surface area contributed by atoms with Crippen LogP contribution in [0.5, 0.6) is 0 Å². The second-order valence-electron chi connectivity index (χ2n) is 7.86. The summed E-state index contributed by atoms with van der Waals surface area (Å²) in [5.74, 6) is 0.00216. The molecule has 134 valence electrons. The Kier molecular flexibility index (Phi) is 3.92. The van der Waals surface area contributed by atoms with E-state index >= 15 is 0 Å². The van der Waals surface area contributed by atoms with Gasteiger partial charge in [0.15, 0.2) is 11.6 Å². The van der Waals surface area contributed by atoms with Gasteiger partial charge in [-0.15, -0.1) is 0 Å². The number of fused-ring (bicyclic) bond motifs is 4. The van der Waals surface area contributed by atoms with E-state index in [-0.39, 0.29) is 17.0 Å². The molecule has 5 rings (SSSR count). The minimum Gasteiger partial charge on any atom is -0.373 e.